The van der Waals surface area contributed by atoms with Crippen LogP contribution in [0.5, 0.6) is 0 Å². The van der Waals surface area contributed by atoms with Gasteiger partial charge in [-0.1, -0.05) is 50.1 Å². The summed E-state index contributed by atoms with van der Waals surface area (Å²) in [4.78, 5) is 0. The van der Waals surface area contributed by atoms with Crippen molar-refractivity contribution < 1.29 is 5.11 Å². The molecule has 2 heteroatoms. The summed E-state index contributed by atoms with van der Waals surface area (Å²) in [5.41, 5.74) is 3.59. The normalized spacial score (nSPS) is 12.1. The third-order valence-corrected chi connectivity index (χ3v) is 3.89. The van der Waals surface area contributed by atoms with Gasteiger partial charge in [0.15, 0.2) is 0 Å². The van der Waals surface area contributed by atoms with Crippen LogP contribution in [-0.2, 0) is 6.42 Å². The molecule has 2 aromatic rings. The first-order chi connectivity index (χ1) is 10.8. The quantitative estimate of drug-likeness (QED) is 0.615. The van der Waals surface area contributed by atoms with Gasteiger partial charge in [0.2, 0.25) is 0 Å². The number of aliphatic hydroxyl groups excluding tert-OH is 1. The van der Waals surface area contributed by atoms with Crippen molar-refractivity contribution in [1.82, 2.24) is 0 Å². The highest BCUT2D eigenvalue weighted by atomic mass is 16.3. The van der Waals surface area contributed by atoms with E-state index in [4.69, 9.17) is 0 Å². The Morgan fingerprint density at radius 1 is 0.864 bits per heavy atom. The van der Waals surface area contributed by atoms with Crippen molar-refractivity contribution >= 4 is 11.4 Å². The third-order valence-electron chi connectivity index (χ3n) is 3.89. The summed E-state index contributed by atoms with van der Waals surface area (Å²) in [7, 11) is 0. The maximum absolute atomic E-state index is 9.71. The van der Waals surface area contributed by atoms with Gasteiger partial charge in [0.25, 0.3) is 0 Å². The number of hydrogen-bond acceptors (Lipinski definition) is 2. The molecule has 0 spiro atoms. The van der Waals surface area contributed by atoms with E-state index >= 15 is 0 Å². The highest BCUT2D eigenvalue weighted by molar-refractivity contribution is 5.59. The van der Waals surface area contributed by atoms with Gasteiger partial charge in [-0.05, 0) is 55.5 Å². The minimum Gasteiger partial charge on any atom is -0.393 e. The summed E-state index contributed by atoms with van der Waals surface area (Å²) >= 11 is 0. The summed E-state index contributed by atoms with van der Waals surface area (Å²) in [6, 6.07) is 18.9. The second kappa shape index (κ2) is 9.26. The van der Waals surface area contributed by atoms with Gasteiger partial charge in [-0.15, -0.1) is 0 Å². The minimum atomic E-state index is -0.109. The first kappa shape index (κ1) is 16.6. The number of aryl methyl sites for hydroxylation is 1. The second-order valence-corrected chi connectivity index (χ2v) is 5.88. The van der Waals surface area contributed by atoms with Gasteiger partial charge in [-0.3, -0.25) is 0 Å². The molecule has 0 aliphatic heterocycles. The van der Waals surface area contributed by atoms with Crippen LogP contribution in [0.4, 0.5) is 11.4 Å². The largest absolute Gasteiger partial charge is 0.393 e. The number of para-hydroxylation sites is 1. The lowest BCUT2D eigenvalue weighted by atomic mass is 10.0. The lowest BCUT2D eigenvalue weighted by Gasteiger charge is -2.09. The molecular formula is C20H27NO. The van der Waals surface area contributed by atoms with E-state index in [0.29, 0.717) is 0 Å². The van der Waals surface area contributed by atoms with Crippen molar-refractivity contribution in [2.24, 2.45) is 0 Å². The molecule has 0 bridgehead atoms. The molecule has 0 heterocycles. The zero-order valence-corrected chi connectivity index (χ0v) is 13.5. The molecule has 118 valence electrons. The second-order valence-electron chi connectivity index (χ2n) is 5.88. The van der Waals surface area contributed by atoms with Gasteiger partial charge < -0.3 is 10.4 Å². The number of benzene rings is 2. The molecule has 2 N–H and O–H groups in total. The average molecular weight is 297 g/mol. The topological polar surface area (TPSA) is 32.3 Å². The molecule has 22 heavy (non-hydrogen) atoms. The Bertz CT molecular complexity index is 521. The van der Waals surface area contributed by atoms with Crippen molar-refractivity contribution in [3.8, 4) is 0 Å². The molecule has 0 amide bonds. The van der Waals surface area contributed by atoms with Crippen LogP contribution in [-0.4, -0.2) is 11.2 Å². The monoisotopic (exact) mass is 297 g/mol. The van der Waals surface area contributed by atoms with Crippen molar-refractivity contribution in [2.45, 2.75) is 51.6 Å². The molecule has 2 rings (SSSR count). The van der Waals surface area contributed by atoms with Crippen LogP contribution >= 0.6 is 0 Å². The predicted molar refractivity (Wildman–Crippen MR) is 94.6 cm³/mol. The first-order valence-corrected chi connectivity index (χ1v) is 8.37. The van der Waals surface area contributed by atoms with E-state index in [2.05, 4.69) is 48.6 Å². The van der Waals surface area contributed by atoms with E-state index in [1.54, 1.807) is 0 Å². The fourth-order valence-electron chi connectivity index (χ4n) is 2.63. The van der Waals surface area contributed by atoms with E-state index in [-0.39, 0.29) is 6.10 Å². The minimum absolute atomic E-state index is 0.109. The number of hydrogen-bond donors (Lipinski definition) is 2. The highest BCUT2D eigenvalue weighted by Crippen LogP contribution is 2.18. The Hall–Kier alpha value is -1.80. The van der Waals surface area contributed by atoms with E-state index in [1.807, 2.05) is 18.2 Å². The summed E-state index contributed by atoms with van der Waals surface area (Å²) in [5.74, 6) is 0. The first-order valence-electron chi connectivity index (χ1n) is 8.37. The summed E-state index contributed by atoms with van der Waals surface area (Å²) < 4.78 is 0. The number of rotatable bonds is 9. The Balaban J connectivity index is 1.73. The molecule has 0 fully saturated rings. The van der Waals surface area contributed by atoms with E-state index in [0.717, 1.165) is 49.9 Å². The fraction of sp³-hybridized carbons (Fsp3) is 0.400. The van der Waals surface area contributed by atoms with Gasteiger partial charge in [-0.25, -0.2) is 0 Å². The van der Waals surface area contributed by atoms with Crippen LogP contribution in [0.2, 0.25) is 0 Å². The molecule has 1 atom stereocenters. The van der Waals surface area contributed by atoms with Crippen molar-refractivity contribution in [3.63, 3.8) is 0 Å². The van der Waals surface area contributed by atoms with Crippen LogP contribution in [0.1, 0.15) is 44.6 Å². The lowest BCUT2D eigenvalue weighted by Crippen LogP contribution is -2.05. The van der Waals surface area contributed by atoms with Crippen molar-refractivity contribution in [2.75, 3.05) is 5.32 Å². The van der Waals surface area contributed by atoms with Crippen LogP contribution in [0.3, 0.4) is 0 Å². The molecular weight excluding hydrogens is 270 g/mol. The molecule has 0 saturated heterocycles. The molecule has 0 aromatic heterocycles. The van der Waals surface area contributed by atoms with Crippen LogP contribution in [0.25, 0.3) is 0 Å². The van der Waals surface area contributed by atoms with E-state index < -0.39 is 0 Å². The molecule has 0 radical (unpaired) electrons. The van der Waals surface area contributed by atoms with Gasteiger partial charge >= 0.3 is 0 Å². The zero-order valence-electron chi connectivity index (χ0n) is 13.5. The van der Waals surface area contributed by atoms with Crippen molar-refractivity contribution in [1.29, 1.82) is 0 Å². The molecule has 2 nitrogen and oxygen atoms in total. The smallest absolute Gasteiger partial charge is 0.0540 e. The predicted octanol–water partition coefficient (Wildman–Crippen LogP) is 5.30. The highest BCUT2D eigenvalue weighted by Gasteiger charge is 2.02. The van der Waals surface area contributed by atoms with E-state index in [9.17, 15) is 5.11 Å². The maximum Gasteiger partial charge on any atom is 0.0540 e. The maximum atomic E-state index is 9.71. The summed E-state index contributed by atoms with van der Waals surface area (Å²) in [6.07, 6.45) is 6.16. The zero-order chi connectivity index (χ0) is 15.6. The van der Waals surface area contributed by atoms with Gasteiger partial charge in [0.1, 0.15) is 0 Å². The van der Waals surface area contributed by atoms with Crippen molar-refractivity contribution in [3.05, 3.63) is 60.2 Å². The average Bonchev–Trinajstić information content (AvgIpc) is 2.54. The SMILES string of the molecule is CCCC(O)CCCCc1ccc(Nc2ccccc2)cc1. The van der Waals surface area contributed by atoms with Crippen LogP contribution in [0.15, 0.2) is 54.6 Å². The van der Waals surface area contributed by atoms with Crippen LogP contribution in [0, 0.1) is 0 Å². The van der Waals surface area contributed by atoms with E-state index in [1.165, 1.54) is 5.56 Å². The molecule has 0 aliphatic rings. The summed E-state index contributed by atoms with van der Waals surface area (Å²) in [6.45, 7) is 2.12. The molecule has 0 aliphatic carbocycles. The Kier molecular flexibility index (Phi) is 6.98. The number of aliphatic hydroxyl groups is 1. The number of anilines is 2. The molecule has 2 aromatic carbocycles. The van der Waals surface area contributed by atoms with Gasteiger partial charge in [0, 0.05) is 11.4 Å². The molecule has 1 unspecified atom stereocenters. The fourth-order valence-corrected chi connectivity index (χ4v) is 2.63. The number of unbranched alkanes of at least 4 members (excludes halogenated alkanes) is 1. The van der Waals surface area contributed by atoms with Gasteiger partial charge in [-0.2, -0.15) is 0 Å². The number of nitrogens with one attached hydrogen (secondary N) is 1. The third kappa shape index (κ3) is 5.90. The Morgan fingerprint density at radius 2 is 1.55 bits per heavy atom. The lowest BCUT2D eigenvalue weighted by molar-refractivity contribution is 0.150. The molecule has 0 saturated carbocycles. The standard InChI is InChI=1S/C20H27NO/c1-2-8-20(22)12-7-6-9-17-13-15-19(16-14-17)21-18-10-4-3-5-11-18/h3-5,10-11,13-16,20-22H,2,6-9,12H2,1H3. The van der Waals surface area contributed by atoms with Crippen LogP contribution < -0.4 is 5.32 Å². The van der Waals surface area contributed by atoms with Gasteiger partial charge in [0.05, 0.1) is 6.10 Å². The Morgan fingerprint density at radius 3 is 2.23 bits per heavy atom. The summed E-state index contributed by atoms with van der Waals surface area (Å²) in [5, 5.41) is 13.1. The Labute approximate surface area is 134 Å².